The van der Waals surface area contributed by atoms with E-state index in [4.69, 9.17) is 0 Å². The first kappa shape index (κ1) is 13.7. The number of benzene rings is 1. The van der Waals surface area contributed by atoms with Crippen LogP contribution in [0.15, 0.2) is 47.1 Å². The zero-order chi connectivity index (χ0) is 13.0. The molecule has 2 rings (SSSR count). The Bertz CT molecular complexity index is 513. The van der Waals surface area contributed by atoms with Crippen LogP contribution in [0.3, 0.4) is 0 Å². The van der Waals surface area contributed by atoms with Gasteiger partial charge in [-0.25, -0.2) is 4.39 Å². The number of alkyl halides is 1. The second-order valence-corrected chi connectivity index (χ2v) is 5.61. The molecule has 1 nitrogen and oxygen atoms in total. The van der Waals surface area contributed by atoms with Gasteiger partial charge in [-0.1, -0.05) is 34.1 Å². The molecule has 0 saturated carbocycles. The molecule has 0 aliphatic carbocycles. The largest absolute Gasteiger partial charge is 0.260 e. The van der Waals surface area contributed by atoms with E-state index in [0.717, 1.165) is 22.2 Å². The second kappa shape index (κ2) is 6.43. The van der Waals surface area contributed by atoms with Crippen LogP contribution in [0, 0.1) is 5.82 Å². The molecule has 18 heavy (non-hydrogen) atoms. The highest BCUT2D eigenvalue weighted by Crippen LogP contribution is 2.25. The predicted molar refractivity (Wildman–Crippen MR) is 78.6 cm³/mol. The number of hydrogen-bond donors (Lipinski definition) is 0. The lowest BCUT2D eigenvalue weighted by Gasteiger charge is -2.14. The number of nitrogens with zero attached hydrogens (tertiary/aromatic N) is 1. The normalized spacial score (nSPS) is 12.4. The van der Waals surface area contributed by atoms with Crippen molar-refractivity contribution in [2.75, 3.05) is 5.33 Å². The topological polar surface area (TPSA) is 12.9 Å². The summed E-state index contributed by atoms with van der Waals surface area (Å²) in [4.78, 5) is 4.33. The summed E-state index contributed by atoms with van der Waals surface area (Å²) >= 11 is 6.81. The van der Waals surface area contributed by atoms with Crippen molar-refractivity contribution in [3.05, 3.63) is 64.1 Å². The molecular weight excluding hydrogens is 361 g/mol. The zero-order valence-electron chi connectivity index (χ0n) is 9.61. The maximum absolute atomic E-state index is 13.7. The molecule has 0 saturated heterocycles. The summed E-state index contributed by atoms with van der Waals surface area (Å²) in [7, 11) is 0. The maximum atomic E-state index is 13.7. The lowest BCUT2D eigenvalue weighted by molar-refractivity contribution is 0.588. The molecule has 4 heteroatoms. The fourth-order valence-corrected chi connectivity index (χ4v) is 2.65. The van der Waals surface area contributed by atoms with Crippen LogP contribution in [-0.2, 0) is 6.42 Å². The Morgan fingerprint density at radius 2 is 1.94 bits per heavy atom. The fraction of sp³-hybridized carbons (Fsp3) is 0.214. The molecule has 0 aliphatic heterocycles. The summed E-state index contributed by atoms with van der Waals surface area (Å²) in [6.07, 6.45) is 2.49. The highest BCUT2D eigenvalue weighted by molar-refractivity contribution is 9.10. The van der Waals surface area contributed by atoms with E-state index in [9.17, 15) is 4.39 Å². The van der Waals surface area contributed by atoms with Crippen LogP contribution in [-0.4, -0.2) is 10.3 Å². The number of aromatic nitrogens is 1. The minimum atomic E-state index is -0.154. The van der Waals surface area contributed by atoms with E-state index >= 15 is 0 Å². The van der Waals surface area contributed by atoms with Gasteiger partial charge < -0.3 is 0 Å². The van der Waals surface area contributed by atoms with Gasteiger partial charge in [-0.05, 0) is 46.1 Å². The van der Waals surface area contributed by atoms with Gasteiger partial charge in [-0.2, -0.15) is 0 Å². The van der Waals surface area contributed by atoms with Gasteiger partial charge in [0.05, 0.1) is 0 Å². The van der Waals surface area contributed by atoms with E-state index < -0.39 is 0 Å². The lowest BCUT2D eigenvalue weighted by Crippen LogP contribution is -2.07. The Morgan fingerprint density at radius 3 is 2.56 bits per heavy atom. The van der Waals surface area contributed by atoms with Crippen LogP contribution in [0.1, 0.15) is 17.2 Å². The van der Waals surface area contributed by atoms with E-state index in [1.807, 2.05) is 24.3 Å². The molecular formula is C14H12Br2FN. The molecule has 0 aliphatic rings. The van der Waals surface area contributed by atoms with Crippen molar-refractivity contribution in [2.45, 2.75) is 12.3 Å². The quantitative estimate of drug-likeness (QED) is 0.708. The zero-order valence-corrected chi connectivity index (χ0v) is 12.8. The molecule has 1 aromatic carbocycles. The number of hydrogen-bond acceptors (Lipinski definition) is 1. The summed E-state index contributed by atoms with van der Waals surface area (Å²) in [6, 6.07) is 10.8. The van der Waals surface area contributed by atoms with Crippen LogP contribution >= 0.6 is 31.9 Å². The van der Waals surface area contributed by atoms with E-state index in [0.29, 0.717) is 5.33 Å². The van der Waals surface area contributed by atoms with Gasteiger partial charge in [0.1, 0.15) is 5.82 Å². The molecule has 0 radical (unpaired) electrons. The molecule has 1 unspecified atom stereocenters. The van der Waals surface area contributed by atoms with Crippen molar-refractivity contribution in [3.63, 3.8) is 0 Å². The van der Waals surface area contributed by atoms with E-state index in [1.54, 1.807) is 12.3 Å². The van der Waals surface area contributed by atoms with Gasteiger partial charge in [0, 0.05) is 27.6 Å². The van der Waals surface area contributed by atoms with E-state index in [1.165, 1.54) is 6.07 Å². The van der Waals surface area contributed by atoms with Crippen LogP contribution in [0.4, 0.5) is 4.39 Å². The van der Waals surface area contributed by atoms with Gasteiger partial charge in [0.15, 0.2) is 0 Å². The summed E-state index contributed by atoms with van der Waals surface area (Å²) in [5.74, 6) is -0.0565. The average molecular weight is 373 g/mol. The van der Waals surface area contributed by atoms with Gasteiger partial charge in [0.2, 0.25) is 0 Å². The Kier molecular flexibility index (Phi) is 4.89. The molecule has 1 atom stereocenters. The smallest absolute Gasteiger partial charge is 0.126 e. The Labute approximate surface area is 123 Å². The van der Waals surface area contributed by atoms with Crippen LogP contribution in [0.25, 0.3) is 0 Å². The van der Waals surface area contributed by atoms with Crippen molar-refractivity contribution in [1.29, 1.82) is 0 Å². The first-order valence-electron chi connectivity index (χ1n) is 5.61. The summed E-state index contributed by atoms with van der Waals surface area (Å²) in [5.41, 5.74) is 1.70. The molecule has 0 amide bonds. The number of halogens is 3. The fourth-order valence-electron chi connectivity index (χ4n) is 1.83. The third-order valence-corrected chi connectivity index (χ3v) is 4.03. The average Bonchev–Trinajstić information content (AvgIpc) is 2.39. The van der Waals surface area contributed by atoms with Gasteiger partial charge in [0.25, 0.3) is 0 Å². The summed E-state index contributed by atoms with van der Waals surface area (Å²) < 4.78 is 14.7. The number of pyridine rings is 1. The molecule has 0 N–H and O–H groups in total. The van der Waals surface area contributed by atoms with Gasteiger partial charge >= 0.3 is 0 Å². The minimum absolute atomic E-state index is 0.0971. The van der Waals surface area contributed by atoms with Crippen LogP contribution in [0.5, 0.6) is 0 Å². The molecule has 0 fully saturated rings. The Balaban J connectivity index is 2.20. The van der Waals surface area contributed by atoms with Crippen molar-refractivity contribution in [3.8, 4) is 0 Å². The van der Waals surface area contributed by atoms with Crippen molar-refractivity contribution in [2.24, 2.45) is 0 Å². The van der Waals surface area contributed by atoms with Crippen molar-refractivity contribution < 1.29 is 4.39 Å². The first-order chi connectivity index (χ1) is 8.70. The van der Waals surface area contributed by atoms with E-state index in [2.05, 4.69) is 36.8 Å². The van der Waals surface area contributed by atoms with Crippen molar-refractivity contribution >= 4 is 31.9 Å². The molecule has 0 spiro atoms. The molecule has 0 bridgehead atoms. The van der Waals surface area contributed by atoms with E-state index in [-0.39, 0.29) is 11.7 Å². The monoisotopic (exact) mass is 371 g/mol. The summed E-state index contributed by atoms with van der Waals surface area (Å²) in [5, 5.41) is 0.714. The highest BCUT2D eigenvalue weighted by Gasteiger charge is 2.15. The van der Waals surface area contributed by atoms with Crippen molar-refractivity contribution in [1.82, 2.24) is 4.98 Å². The number of rotatable bonds is 4. The second-order valence-electron chi connectivity index (χ2n) is 4.04. The molecule has 1 aromatic heterocycles. The molecule has 2 aromatic rings. The van der Waals surface area contributed by atoms with Gasteiger partial charge in [-0.3, -0.25) is 4.98 Å². The first-order valence-corrected chi connectivity index (χ1v) is 7.53. The highest BCUT2D eigenvalue weighted by atomic mass is 79.9. The third kappa shape index (κ3) is 3.39. The molecule has 1 heterocycles. The lowest BCUT2D eigenvalue weighted by atomic mass is 9.95. The Hall–Kier alpha value is -0.740. The Morgan fingerprint density at radius 1 is 1.17 bits per heavy atom. The predicted octanol–water partition coefficient (Wildman–Crippen LogP) is 4.70. The SMILES string of the molecule is Fc1ccccc1C(CBr)Cc1ccc(Br)cn1. The maximum Gasteiger partial charge on any atom is 0.126 e. The minimum Gasteiger partial charge on any atom is -0.260 e. The van der Waals surface area contributed by atoms with Crippen LogP contribution < -0.4 is 0 Å². The third-order valence-electron chi connectivity index (χ3n) is 2.78. The summed E-state index contributed by atoms with van der Waals surface area (Å²) in [6.45, 7) is 0. The standard InChI is InChI=1S/C14H12Br2FN/c15-8-10(13-3-1-2-4-14(13)17)7-12-6-5-11(16)9-18-12/h1-6,9-10H,7-8H2. The van der Waals surface area contributed by atoms with Gasteiger partial charge in [-0.15, -0.1) is 0 Å². The van der Waals surface area contributed by atoms with Crippen LogP contribution in [0.2, 0.25) is 0 Å². The molecule has 94 valence electrons.